The van der Waals surface area contributed by atoms with Crippen LogP contribution in [0.4, 0.5) is 10.1 Å². The van der Waals surface area contributed by atoms with Gasteiger partial charge in [-0.2, -0.15) is 0 Å². The quantitative estimate of drug-likeness (QED) is 0.693. The van der Waals surface area contributed by atoms with E-state index in [1.54, 1.807) is 11.9 Å². The Morgan fingerprint density at radius 2 is 1.57 bits per heavy atom. The Morgan fingerprint density at radius 1 is 0.964 bits per heavy atom. The first kappa shape index (κ1) is 21.6. The molecule has 0 aliphatic carbocycles. The van der Waals surface area contributed by atoms with Crippen molar-refractivity contribution in [3.63, 3.8) is 0 Å². The van der Waals surface area contributed by atoms with Gasteiger partial charge in [-0.25, -0.2) is 4.39 Å². The predicted molar refractivity (Wildman–Crippen MR) is 109 cm³/mol. The highest BCUT2D eigenvalue weighted by Gasteiger charge is 2.18. The van der Waals surface area contributed by atoms with Crippen molar-refractivity contribution < 1.29 is 14.0 Å². The van der Waals surface area contributed by atoms with Crippen LogP contribution in [0.15, 0.2) is 54.6 Å². The van der Waals surface area contributed by atoms with Gasteiger partial charge in [0.05, 0.1) is 19.1 Å². The van der Waals surface area contributed by atoms with Crippen molar-refractivity contribution in [2.75, 3.05) is 25.5 Å². The predicted octanol–water partition coefficient (Wildman–Crippen LogP) is 3.60. The van der Waals surface area contributed by atoms with Crippen LogP contribution in [0.25, 0.3) is 0 Å². The lowest BCUT2D eigenvalue weighted by Gasteiger charge is -2.23. The topological polar surface area (TPSA) is 61.4 Å². The fraction of sp³-hybridized carbons (Fsp3) is 0.364. The first-order valence-corrected chi connectivity index (χ1v) is 9.41. The molecule has 0 aromatic heterocycles. The minimum Gasteiger partial charge on any atom is -0.348 e. The summed E-state index contributed by atoms with van der Waals surface area (Å²) in [5.41, 5.74) is 1.59. The summed E-state index contributed by atoms with van der Waals surface area (Å²) in [5.74, 6) is -0.318. The van der Waals surface area contributed by atoms with E-state index in [-0.39, 0.29) is 36.8 Å². The number of halogens is 1. The zero-order valence-electron chi connectivity index (χ0n) is 16.6. The Bertz CT molecular complexity index is 763. The summed E-state index contributed by atoms with van der Waals surface area (Å²) < 4.78 is 12.9. The molecule has 5 nitrogen and oxygen atoms in total. The molecular weight excluding hydrogens is 357 g/mol. The average Bonchev–Trinajstić information content (AvgIpc) is 2.63. The number of likely N-dealkylation sites (N-methyl/N-ethyl adjacent to an activating group) is 1. The molecule has 0 aliphatic rings. The second-order valence-electron chi connectivity index (χ2n) is 7.39. The highest BCUT2D eigenvalue weighted by Crippen LogP contribution is 2.21. The monoisotopic (exact) mass is 385 g/mol. The van der Waals surface area contributed by atoms with Crippen molar-refractivity contribution in [1.82, 2.24) is 10.2 Å². The van der Waals surface area contributed by atoms with Crippen LogP contribution in [0.2, 0.25) is 0 Å². The number of benzene rings is 2. The third-order valence-electron chi connectivity index (χ3n) is 4.20. The zero-order valence-corrected chi connectivity index (χ0v) is 16.6. The Morgan fingerprint density at radius 3 is 2.18 bits per heavy atom. The number of amides is 2. The summed E-state index contributed by atoms with van der Waals surface area (Å²) in [4.78, 5) is 26.2. The standard InChI is InChI=1S/C22H28FN3O2/c1-16(2)13-20(17-7-5-4-6-8-17)25-22(28)15-26(3)14-21(27)24-19-11-9-18(23)10-12-19/h4-12,16,20H,13-15H2,1-3H3,(H,24,27)(H,25,28)/t20-/m1/s1. The summed E-state index contributed by atoms with van der Waals surface area (Å²) in [5, 5.41) is 5.76. The van der Waals surface area contributed by atoms with Crippen molar-refractivity contribution in [2.45, 2.75) is 26.3 Å². The molecule has 0 spiro atoms. The molecule has 150 valence electrons. The molecule has 6 heteroatoms. The molecule has 2 aromatic carbocycles. The lowest BCUT2D eigenvalue weighted by atomic mass is 9.97. The number of carbonyl (C=O) groups excluding carboxylic acids is 2. The molecular formula is C22H28FN3O2. The number of carbonyl (C=O) groups is 2. The van der Waals surface area contributed by atoms with Gasteiger partial charge >= 0.3 is 0 Å². The van der Waals surface area contributed by atoms with Gasteiger partial charge in [0.2, 0.25) is 11.8 Å². The molecule has 0 saturated carbocycles. The maximum atomic E-state index is 12.9. The second kappa shape index (κ2) is 10.6. The molecule has 0 radical (unpaired) electrons. The van der Waals surface area contributed by atoms with Crippen LogP contribution in [0.3, 0.4) is 0 Å². The van der Waals surface area contributed by atoms with Crippen LogP contribution in [-0.4, -0.2) is 36.9 Å². The normalized spacial score (nSPS) is 12.1. The van der Waals surface area contributed by atoms with Crippen molar-refractivity contribution in [2.24, 2.45) is 5.92 Å². The molecule has 0 fully saturated rings. The molecule has 0 heterocycles. The number of hydrogen-bond donors (Lipinski definition) is 2. The van der Waals surface area contributed by atoms with E-state index in [1.807, 2.05) is 30.3 Å². The summed E-state index contributed by atoms with van der Waals surface area (Å²) >= 11 is 0. The maximum Gasteiger partial charge on any atom is 0.238 e. The number of nitrogens with zero attached hydrogens (tertiary/aromatic N) is 1. The second-order valence-corrected chi connectivity index (χ2v) is 7.39. The van der Waals surface area contributed by atoms with Crippen molar-refractivity contribution >= 4 is 17.5 Å². The van der Waals surface area contributed by atoms with Gasteiger partial charge in [0, 0.05) is 5.69 Å². The van der Waals surface area contributed by atoms with Crippen LogP contribution >= 0.6 is 0 Å². The van der Waals surface area contributed by atoms with Gasteiger partial charge in [0.25, 0.3) is 0 Å². The fourth-order valence-corrected chi connectivity index (χ4v) is 2.96. The van der Waals surface area contributed by atoms with Gasteiger partial charge < -0.3 is 10.6 Å². The average molecular weight is 385 g/mol. The van der Waals surface area contributed by atoms with Crippen LogP contribution < -0.4 is 10.6 Å². The molecule has 0 unspecified atom stereocenters. The van der Waals surface area contributed by atoms with Crippen molar-refractivity contribution in [3.05, 3.63) is 66.0 Å². The van der Waals surface area contributed by atoms with E-state index >= 15 is 0 Å². The first-order valence-electron chi connectivity index (χ1n) is 9.41. The molecule has 0 aliphatic heterocycles. The van der Waals surface area contributed by atoms with Crippen LogP contribution in [0, 0.1) is 11.7 Å². The Balaban J connectivity index is 1.86. The molecule has 2 rings (SSSR count). The molecule has 0 saturated heterocycles. The van der Waals surface area contributed by atoms with E-state index < -0.39 is 0 Å². The molecule has 1 atom stereocenters. The van der Waals surface area contributed by atoms with E-state index in [9.17, 15) is 14.0 Å². The number of anilines is 1. The number of nitrogens with one attached hydrogen (secondary N) is 2. The van der Waals surface area contributed by atoms with Crippen LogP contribution in [0.5, 0.6) is 0 Å². The van der Waals surface area contributed by atoms with E-state index in [1.165, 1.54) is 24.3 Å². The van der Waals surface area contributed by atoms with Crippen molar-refractivity contribution in [3.8, 4) is 0 Å². The summed E-state index contributed by atoms with van der Waals surface area (Å²) in [6.45, 7) is 4.41. The van der Waals surface area contributed by atoms with Crippen LogP contribution in [0.1, 0.15) is 31.9 Å². The van der Waals surface area contributed by atoms with E-state index in [4.69, 9.17) is 0 Å². The number of rotatable bonds is 9. The SMILES string of the molecule is CC(C)C[C@@H](NC(=O)CN(C)CC(=O)Nc1ccc(F)cc1)c1ccccc1. The van der Waals surface area contributed by atoms with Gasteiger partial charge in [0.1, 0.15) is 5.82 Å². The molecule has 2 amide bonds. The Hall–Kier alpha value is -2.73. The Kier molecular flexibility index (Phi) is 8.14. The van der Waals surface area contributed by atoms with Gasteiger partial charge in [-0.3, -0.25) is 14.5 Å². The van der Waals surface area contributed by atoms with Gasteiger partial charge in [-0.15, -0.1) is 0 Å². The van der Waals surface area contributed by atoms with E-state index in [0.29, 0.717) is 11.6 Å². The van der Waals surface area contributed by atoms with Crippen molar-refractivity contribution in [1.29, 1.82) is 0 Å². The van der Waals surface area contributed by atoms with Gasteiger partial charge in [-0.05, 0) is 49.2 Å². The molecule has 0 bridgehead atoms. The van der Waals surface area contributed by atoms with E-state index in [0.717, 1.165) is 12.0 Å². The minimum atomic E-state index is -0.360. The third-order valence-corrected chi connectivity index (χ3v) is 4.20. The van der Waals surface area contributed by atoms with E-state index in [2.05, 4.69) is 24.5 Å². The van der Waals surface area contributed by atoms with Crippen LogP contribution in [-0.2, 0) is 9.59 Å². The summed E-state index contributed by atoms with van der Waals surface area (Å²) in [6.07, 6.45) is 0.838. The first-order chi connectivity index (χ1) is 13.3. The highest BCUT2D eigenvalue weighted by molar-refractivity contribution is 5.92. The lowest BCUT2D eigenvalue weighted by Crippen LogP contribution is -2.40. The third kappa shape index (κ3) is 7.48. The minimum absolute atomic E-state index is 0.0601. The number of hydrogen-bond acceptors (Lipinski definition) is 3. The summed E-state index contributed by atoms with van der Waals surface area (Å²) in [6, 6.07) is 15.4. The summed E-state index contributed by atoms with van der Waals surface area (Å²) in [7, 11) is 1.71. The highest BCUT2D eigenvalue weighted by atomic mass is 19.1. The lowest BCUT2D eigenvalue weighted by molar-refractivity contribution is -0.123. The largest absolute Gasteiger partial charge is 0.348 e. The fourth-order valence-electron chi connectivity index (χ4n) is 2.96. The smallest absolute Gasteiger partial charge is 0.238 e. The zero-order chi connectivity index (χ0) is 20.5. The van der Waals surface area contributed by atoms with Gasteiger partial charge in [0.15, 0.2) is 0 Å². The maximum absolute atomic E-state index is 12.9. The molecule has 2 N–H and O–H groups in total. The van der Waals surface area contributed by atoms with Gasteiger partial charge in [-0.1, -0.05) is 44.2 Å². The molecule has 2 aromatic rings. The Labute approximate surface area is 165 Å². The molecule has 28 heavy (non-hydrogen) atoms.